The predicted molar refractivity (Wildman–Crippen MR) is 458 cm³/mol. The Labute approximate surface area is 644 Å². The van der Waals surface area contributed by atoms with Gasteiger partial charge in [0, 0.05) is 112 Å². The first-order valence-electron chi connectivity index (χ1n) is 37.6. The summed E-state index contributed by atoms with van der Waals surface area (Å²) in [7, 11) is 0. The van der Waals surface area contributed by atoms with E-state index in [0.717, 1.165) is 128 Å². The van der Waals surface area contributed by atoms with Gasteiger partial charge in [0.1, 0.15) is 11.3 Å². The Morgan fingerprint density at radius 1 is 0.161 bits per heavy atom. The Bertz CT molecular complexity index is 6770. The van der Waals surface area contributed by atoms with E-state index < -0.39 is 0 Å². The van der Waals surface area contributed by atoms with Crippen molar-refractivity contribution in [1.29, 1.82) is 0 Å². The minimum atomic E-state index is 0.623. The van der Waals surface area contributed by atoms with Crippen LogP contribution >= 0.6 is 0 Å². The summed E-state index contributed by atoms with van der Waals surface area (Å²) in [5, 5.41) is 9.50. The monoisotopic (exact) mass is 1430 g/mol. The molecule has 0 aliphatic carbocycles. The Balaban J connectivity index is 0.000000141. The summed E-state index contributed by atoms with van der Waals surface area (Å²) in [4.78, 5) is 34.7. The molecule has 0 spiro atoms. The Hall–Kier alpha value is -15.3. The van der Waals surface area contributed by atoms with Crippen LogP contribution in [0.4, 0.5) is 0 Å². The molecule has 11 heteroatoms. The van der Waals surface area contributed by atoms with Gasteiger partial charge in [0.15, 0.2) is 23.3 Å². The molecule has 0 bridgehead atoms. The van der Waals surface area contributed by atoms with E-state index in [1.807, 2.05) is 122 Å². The Kier molecular flexibility index (Phi) is 15.9. The van der Waals surface area contributed by atoms with E-state index in [1.54, 1.807) is 0 Å². The van der Waals surface area contributed by atoms with Gasteiger partial charge in [0.05, 0.1) is 44.5 Å². The lowest BCUT2D eigenvalue weighted by Crippen LogP contribution is -2.00. The zero-order valence-corrected chi connectivity index (χ0v) is 60.4. The van der Waals surface area contributed by atoms with Crippen LogP contribution in [0.2, 0.25) is 0 Å². The lowest BCUT2D eigenvalue weighted by Gasteiger charge is -2.11. The van der Waals surface area contributed by atoms with Gasteiger partial charge in [-0.1, -0.05) is 231 Å². The first-order chi connectivity index (χ1) is 55.5. The Morgan fingerprint density at radius 2 is 0.446 bits per heavy atom. The molecule has 0 aliphatic rings. The molecule has 0 unspecified atom stereocenters. The largest absolute Gasteiger partial charge is 0.309 e. The second-order valence-corrected chi connectivity index (χ2v) is 28.1. The molecule has 524 valence electrons. The molecule has 112 heavy (non-hydrogen) atoms. The van der Waals surface area contributed by atoms with Crippen molar-refractivity contribution in [2.45, 2.75) is 0 Å². The summed E-state index contributed by atoms with van der Waals surface area (Å²) in [6.07, 6.45) is 3.74. The summed E-state index contributed by atoms with van der Waals surface area (Å²) < 4.78 is 9.24. The molecule has 14 aromatic carbocycles. The quantitative estimate of drug-likeness (QED) is 0.120. The summed E-state index contributed by atoms with van der Waals surface area (Å²) >= 11 is 0. The normalized spacial score (nSPS) is 11.6. The predicted octanol–water partition coefficient (Wildman–Crippen LogP) is 24.9. The minimum Gasteiger partial charge on any atom is -0.309 e. The number of fused-ring (bicyclic) bond motifs is 12. The van der Waals surface area contributed by atoms with Gasteiger partial charge in [-0.3, -0.25) is 9.13 Å². The number of pyridine rings is 2. The molecular formula is C101H65N11. The molecule has 0 saturated heterocycles. The van der Waals surface area contributed by atoms with E-state index in [4.69, 9.17) is 34.9 Å². The summed E-state index contributed by atoms with van der Waals surface area (Å²) in [5.74, 6) is 2.59. The lowest BCUT2D eigenvalue weighted by molar-refractivity contribution is 1.07. The molecule has 8 heterocycles. The molecule has 0 atom stereocenters. The van der Waals surface area contributed by atoms with E-state index in [2.05, 4.69) is 291 Å². The molecule has 22 rings (SSSR count). The second-order valence-electron chi connectivity index (χ2n) is 28.1. The summed E-state index contributed by atoms with van der Waals surface area (Å²) in [5.41, 5.74) is 25.4. The van der Waals surface area contributed by atoms with E-state index in [1.165, 1.54) is 49.2 Å². The number of rotatable bonds is 12. The van der Waals surface area contributed by atoms with Crippen LogP contribution in [-0.2, 0) is 0 Å². The highest BCUT2D eigenvalue weighted by atomic mass is 15.1. The van der Waals surface area contributed by atoms with Crippen molar-refractivity contribution in [3.8, 4) is 113 Å². The highest BCUT2D eigenvalue weighted by molar-refractivity contribution is 6.14. The summed E-state index contributed by atoms with van der Waals surface area (Å²) in [6.45, 7) is 0. The van der Waals surface area contributed by atoms with Gasteiger partial charge in [-0.15, -0.1) is 0 Å². The molecule has 0 saturated carbocycles. The standard InChI is InChI=1S/C51H33N5.C50H32N6/c1-4-13-34(14-5-1)45-33-46(35-15-6-2-7-16-35)54-50(53-45)36-22-26-40(27-23-36)56-48-29-25-37(31-44(48)43-20-12-30-52-51(43)56)38-24-28-42-41-19-10-11-21-47(41)55(49(42)32-38)39-17-8-3-9-18-39;1-4-13-33(14-5-1)47-52-48(34-15-6-2-7-16-34)54-49(53-47)35-22-26-39(27-23-35)56-45-29-25-36(31-43(45)42-20-12-30-51-50(42)56)37-24-28-41-40-19-10-11-21-44(40)55(46(41)32-37)38-17-8-3-9-18-38/h1-33H;1-32H. The van der Waals surface area contributed by atoms with E-state index in [9.17, 15) is 0 Å². The van der Waals surface area contributed by atoms with E-state index in [-0.39, 0.29) is 0 Å². The van der Waals surface area contributed by atoms with Crippen LogP contribution in [0, 0.1) is 0 Å². The van der Waals surface area contributed by atoms with Crippen LogP contribution in [0.25, 0.3) is 201 Å². The molecule has 0 fully saturated rings. The van der Waals surface area contributed by atoms with E-state index >= 15 is 0 Å². The van der Waals surface area contributed by atoms with Gasteiger partial charge in [-0.2, -0.15) is 0 Å². The summed E-state index contributed by atoms with van der Waals surface area (Å²) in [6, 6.07) is 134. The van der Waals surface area contributed by atoms with Gasteiger partial charge in [-0.05, 0) is 174 Å². The molecule has 0 aliphatic heterocycles. The highest BCUT2D eigenvalue weighted by Gasteiger charge is 2.22. The van der Waals surface area contributed by atoms with Gasteiger partial charge in [-0.25, -0.2) is 34.9 Å². The van der Waals surface area contributed by atoms with Gasteiger partial charge >= 0.3 is 0 Å². The zero-order chi connectivity index (χ0) is 74.0. The van der Waals surface area contributed by atoms with Crippen molar-refractivity contribution in [1.82, 2.24) is 53.2 Å². The van der Waals surface area contributed by atoms with E-state index in [0.29, 0.717) is 23.3 Å². The SMILES string of the molecule is c1ccc(-c2cc(-c3ccccc3)nc(-c3ccc(-n4c5ccc(-c6ccc7c8ccccc8n(-c8ccccc8)c7c6)cc5c5cccnc54)cc3)n2)cc1.c1ccc(-c2nc(-c3ccccc3)nc(-c3ccc(-n4c5ccc(-c6ccc7c8ccccc8n(-c8ccccc8)c7c6)cc5c5cccnc54)cc3)n2)cc1. The fourth-order valence-corrected chi connectivity index (χ4v) is 16.1. The second kappa shape index (κ2) is 27.5. The van der Waals surface area contributed by atoms with Crippen LogP contribution in [0.15, 0.2) is 395 Å². The molecule has 22 aromatic rings. The first kappa shape index (κ1) is 65.0. The first-order valence-corrected chi connectivity index (χ1v) is 37.6. The van der Waals surface area contributed by atoms with Crippen LogP contribution in [0.1, 0.15) is 0 Å². The number of hydrogen-bond donors (Lipinski definition) is 0. The fourth-order valence-electron chi connectivity index (χ4n) is 16.1. The third-order valence-electron chi connectivity index (χ3n) is 21.4. The fraction of sp³-hybridized carbons (Fsp3) is 0. The molecular weight excluding hydrogens is 1370 g/mol. The highest BCUT2D eigenvalue weighted by Crippen LogP contribution is 2.42. The maximum atomic E-state index is 5.05. The van der Waals surface area contributed by atoms with Gasteiger partial charge in [0.25, 0.3) is 0 Å². The number of nitrogens with zero attached hydrogens (tertiary/aromatic N) is 11. The van der Waals surface area contributed by atoms with Crippen LogP contribution in [0.5, 0.6) is 0 Å². The van der Waals surface area contributed by atoms with Gasteiger partial charge < -0.3 is 9.13 Å². The lowest BCUT2D eigenvalue weighted by atomic mass is 10.0. The van der Waals surface area contributed by atoms with Crippen molar-refractivity contribution in [3.05, 3.63) is 395 Å². The molecule has 0 amide bonds. The van der Waals surface area contributed by atoms with Crippen molar-refractivity contribution in [2.24, 2.45) is 0 Å². The van der Waals surface area contributed by atoms with Crippen LogP contribution < -0.4 is 0 Å². The topological polar surface area (TPSA) is 110 Å². The average molecular weight is 1430 g/mol. The maximum absolute atomic E-state index is 5.05. The molecule has 11 nitrogen and oxygen atoms in total. The Morgan fingerprint density at radius 3 is 0.848 bits per heavy atom. The van der Waals surface area contributed by atoms with Crippen molar-refractivity contribution in [3.63, 3.8) is 0 Å². The molecule has 0 radical (unpaired) electrons. The maximum Gasteiger partial charge on any atom is 0.164 e. The van der Waals surface area contributed by atoms with Crippen LogP contribution in [-0.4, -0.2) is 53.2 Å². The zero-order valence-electron chi connectivity index (χ0n) is 60.4. The number of aromatic nitrogens is 11. The van der Waals surface area contributed by atoms with Crippen LogP contribution in [0.3, 0.4) is 0 Å². The molecule has 8 aromatic heterocycles. The van der Waals surface area contributed by atoms with Crippen molar-refractivity contribution in [2.75, 3.05) is 0 Å². The van der Waals surface area contributed by atoms with Crippen molar-refractivity contribution >= 4 is 87.5 Å². The number of benzene rings is 14. The smallest absolute Gasteiger partial charge is 0.164 e. The van der Waals surface area contributed by atoms with Crippen molar-refractivity contribution < 1.29 is 0 Å². The average Bonchev–Trinajstić information content (AvgIpc) is 1.60. The number of hydrogen-bond acceptors (Lipinski definition) is 7. The third-order valence-corrected chi connectivity index (χ3v) is 21.4. The minimum absolute atomic E-state index is 0.623. The van der Waals surface area contributed by atoms with Gasteiger partial charge in [0.2, 0.25) is 0 Å². The third kappa shape index (κ3) is 11.5. The molecule has 0 N–H and O–H groups in total. The number of para-hydroxylation sites is 4.